The third kappa shape index (κ3) is 7.79. The Bertz CT molecular complexity index is 986. The van der Waals surface area contributed by atoms with Crippen molar-refractivity contribution in [1.82, 2.24) is 0 Å². The quantitative estimate of drug-likeness (QED) is 0.172. The van der Waals surface area contributed by atoms with Crippen LogP contribution >= 0.6 is 0 Å². The van der Waals surface area contributed by atoms with Gasteiger partial charge in [0, 0.05) is 12.0 Å². The summed E-state index contributed by atoms with van der Waals surface area (Å²) >= 11 is 0. The van der Waals surface area contributed by atoms with E-state index in [1.807, 2.05) is 0 Å². The number of nitrogens with two attached hydrogens (primary N) is 1. The summed E-state index contributed by atoms with van der Waals surface area (Å²) in [7, 11) is 0. The van der Waals surface area contributed by atoms with Crippen LogP contribution in [0.5, 0.6) is 5.75 Å². The molecule has 0 radical (unpaired) electrons. The minimum absolute atomic E-state index is 0.0395. The first-order valence-electron chi connectivity index (χ1n) is 8.18. The van der Waals surface area contributed by atoms with E-state index in [2.05, 4.69) is 0 Å². The van der Waals surface area contributed by atoms with Gasteiger partial charge in [-0.3, -0.25) is 10.2 Å². The van der Waals surface area contributed by atoms with Crippen LogP contribution in [0.15, 0.2) is 34.9 Å². The molecular formula is C18H16F4N2O7. The Morgan fingerprint density at radius 1 is 1.19 bits per heavy atom. The molecule has 168 valence electrons. The number of carboxylic acid groups (broad SMARTS) is 2. The second kappa shape index (κ2) is 10.2. The number of furan rings is 1. The molecule has 0 spiro atoms. The molecule has 0 saturated heterocycles. The molecule has 1 aromatic carbocycles. The van der Waals surface area contributed by atoms with Gasteiger partial charge in [0.1, 0.15) is 17.9 Å². The fourth-order valence-corrected chi connectivity index (χ4v) is 1.89. The lowest BCUT2D eigenvalue weighted by molar-refractivity contribution is -0.192. The zero-order valence-corrected chi connectivity index (χ0v) is 15.7. The third-order valence-corrected chi connectivity index (χ3v) is 3.51. The zero-order valence-electron chi connectivity index (χ0n) is 15.7. The van der Waals surface area contributed by atoms with Crippen molar-refractivity contribution in [1.29, 1.82) is 5.41 Å². The molecule has 1 unspecified atom stereocenters. The van der Waals surface area contributed by atoms with E-state index in [9.17, 15) is 27.2 Å². The van der Waals surface area contributed by atoms with E-state index in [1.165, 1.54) is 25.1 Å². The molecule has 0 aliphatic carbocycles. The van der Waals surface area contributed by atoms with Crippen LogP contribution in [0.1, 0.15) is 28.6 Å². The van der Waals surface area contributed by atoms with Gasteiger partial charge in [-0.2, -0.15) is 13.2 Å². The monoisotopic (exact) mass is 448 g/mol. The van der Waals surface area contributed by atoms with Crippen molar-refractivity contribution in [2.24, 2.45) is 11.7 Å². The first-order valence-corrected chi connectivity index (χ1v) is 8.18. The number of nitrogens with one attached hydrogen (secondary N) is 1. The third-order valence-electron chi connectivity index (χ3n) is 3.51. The van der Waals surface area contributed by atoms with Gasteiger partial charge in [-0.1, -0.05) is 6.92 Å². The van der Waals surface area contributed by atoms with Crippen molar-refractivity contribution in [2.45, 2.75) is 19.5 Å². The number of carbonyl (C=O) groups excluding carboxylic acids is 1. The summed E-state index contributed by atoms with van der Waals surface area (Å²) in [5, 5.41) is 23.2. The highest BCUT2D eigenvalue weighted by Crippen LogP contribution is 2.21. The van der Waals surface area contributed by atoms with Crippen LogP contribution in [0.3, 0.4) is 0 Å². The maximum absolute atomic E-state index is 13.8. The van der Waals surface area contributed by atoms with Gasteiger partial charge >= 0.3 is 24.1 Å². The molecule has 5 N–H and O–H groups in total. The van der Waals surface area contributed by atoms with Gasteiger partial charge in [0.25, 0.3) is 0 Å². The van der Waals surface area contributed by atoms with Crippen molar-refractivity contribution in [3.8, 4) is 5.75 Å². The number of aliphatic carboxylic acids is 2. The fourth-order valence-electron chi connectivity index (χ4n) is 1.89. The Hall–Kier alpha value is -3.90. The normalized spacial score (nSPS) is 11.6. The van der Waals surface area contributed by atoms with Crippen LogP contribution in [-0.2, 0) is 16.0 Å². The van der Waals surface area contributed by atoms with Crippen LogP contribution < -0.4 is 10.5 Å². The predicted molar refractivity (Wildman–Crippen MR) is 95.3 cm³/mol. The van der Waals surface area contributed by atoms with Crippen molar-refractivity contribution in [3.63, 3.8) is 0 Å². The number of alkyl halides is 3. The summed E-state index contributed by atoms with van der Waals surface area (Å²) in [6.07, 6.45) is -3.85. The zero-order chi connectivity index (χ0) is 23.9. The van der Waals surface area contributed by atoms with Gasteiger partial charge in [-0.15, -0.1) is 0 Å². The Morgan fingerprint density at radius 3 is 2.23 bits per heavy atom. The van der Waals surface area contributed by atoms with E-state index in [4.69, 9.17) is 35.3 Å². The minimum Gasteiger partial charge on any atom is -0.481 e. The summed E-state index contributed by atoms with van der Waals surface area (Å²) in [4.78, 5) is 31.7. The van der Waals surface area contributed by atoms with E-state index >= 15 is 0 Å². The highest BCUT2D eigenvalue weighted by molar-refractivity contribution is 5.95. The number of carboxylic acids is 2. The summed E-state index contributed by atoms with van der Waals surface area (Å²) in [5.74, 6) is -6.40. The average molecular weight is 448 g/mol. The second-order valence-corrected chi connectivity index (χ2v) is 6.00. The summed E-state index contributed by atoms with van der Waals surface area (Å²) in [5.41, 5.74) is 5.45. The lowest BCUT2D eigenvalue weighted by atomic mass is 10.1. The Labute approximate surface area is 171 Å². The van der Waals surface area contributed by atoms with E-state index in [1.54, 1.807) is 0 Å². The number of esters is 1. The van der Waals surface area contributed by atoms with E-state index < -0.39 is 35.8 Å². The van der Waals surface area contributed by atoms with Gasteiger partial charge in [0.15, 0.2) is 11.6 Å². The molecule has 0 amide bonds. The van der Waals surface area contributed by atoms with Crippen molar-refractivity contribution < 1.29 is 51.3 Å². The Morgan fingerprint density at radius 2 is 1.77 bits per heavy atom. The number of carbonyl (C=O) groups is 3. The Kier molecular flexibility index (Phi) is 8.29. The summed E-state index contributed by atoms with van der Waals surface area (Å²) in [6, 6.07) is 4.88. The summed E-state index contributed by atoms with van der Waals surface area (Å²) in [6.45, 7) is 1.51. The number of hydrogen-bond donors (Lipinski definition) is 4. The van der Waals surface area contributed by atoms with E-state index in [0.29, 0.717) is 5.76 Å². The number of benzene rings is 1. The number of hydrogen-bond acceptors (Lipinski definition) is 6. The molecule has 0 aliphatic heterocycles. The van der Waals surface area contributed by atoms with Crippen molar-refractivity contribution >= 4 is 23.7 Å². The largest absolute Gasteiger partial charge is 0.490 e. The molecule has 9 nitrogen and oxygen atoms in total. The maximum atomic E-state index is 13.8. The first kappa shape index (κ1) is 25.1. The minimum atomic E-state index is -5.08. The standard InChI is InChI=1S/C16H15FN2O5.C2HF3O2/c1-8(15(20)21)4-11-5-10(7-23-11)16(22)24-13-3-2-9(14(18)19)6-12(13)17;3-2(4,5)1(6)7/h2-3,5-8H,4H2,1H3,(H3,18,19)(H,20,21);(H,6,7). The van der Waals surface area contributed by atoms with Crippen molar-refractivity contribution in [3.05, 3.63) is 53.2 Å². The molecular weight excluding hydrogens is 432 g/mol. The lowest BCUT2D eigenvalue weighted by Gasteiger charge is -2.05. The molecule has 1 aromatic heterocycles. The van der Waals surface area contributed by atoms with Gasteiger partial charge in [0.2, 0.25) is 0 Å². The highest BCUT2D eigenvalue weighted by Gasteiger charge is 2.38. The topological polar surface area (TPSA) is 164 Å². The SMILES string of the molecule is CC(Cc1cc(C(=O)Oc2ccc(C(=N)N)cc2F)co1)C(=O)O.O=C(O)C(F)(F)F. The lowest BCUT2D eigenvalue weighted by Crippen LogP contribution is -2.21. The molecule has 2 rings (SSSR count). The van der Waals surface area contributed by atoms with Gasteiger partial charge in [-0.25, -0.2) is 14.0 Å². The molecule has 31 heavy (non-hydrogen) atoms. The van der Waals surface area contributed by atoms with E-state index in [-0.39, 0.29) is 29.1 Å². The molecule has 1 atom stereocenters. The molecule has 13 heteroatoms. The fraction of sp³-hybridized carbons (Fsp3) is 0.222. The first-order chi connectivity index (χ1) is 14.2. The highest BCUT2D eigenvalue weighted by atomic mass is 19.4. The molecule has 1 heterocycles. The molecule has 0 fully saturated rings. The van der Waals surface area contributed by atoms with Crippen molar-refractivity contribution in [2.75, 3.05) is 0 Å². The van der Waals surface area contributed by atoms with E-state index in [0.717, 1.165) is 12.3 Å². The second-order valence-electron chi connectivity index (χ2n) is 6.00. The number of halogens is 4. The predicted octanol–water partition coefficient (Wildman–Crippen LogP) is 2.82. The molecule has 0 aliphatic rings. The van der Waals surface area contributed by atoms with Crippen LogP contribution in [-0.4, -0.2) is 40.1 Å². The number of nitrogen functional groups attached to an aromatic ring is 1. The van der Waals surface area contributed by atoms with Gasteiger partial charge in [0.05, 0.1) is 11.5 Å². The number of rotatable bonds is 6. The molecule has 0 bridgehead atoms. The van der Waals surface area contributed by atoms with Crippen LogP contribution in [0, 0.1) is 17.1 Å². The number of ether oxygens (including phenoxy) is 1. The van der Waals surface area contributed by atoms with Crippen LogP contribution in [0.25, 0.3) is 0 Å². The molecule has 0 saturated carbocycles. The summed E-state index contributed by atoms with van der Waals surface area (Å²) < 4.78 is 55.6. The maximum Gasteiger partial charge on any atom is 0.490 e. The Balaban J connectivity index is 0.000000592. The van der Waals surface area contributed by atoms with Crippen LogP contribution in [0.2, 0.25) is 0 Å². The van der Waals surface area contributed by atoms with Gasteiger partial charge in [-0.05, 0) is 24.3 Å². The van der Waals surface area contributed by atoms with Gasteiger partial charge < -0.3 is 25.1 Å². The van der Waals surface area contributed by atoms with Crippen LogP contribution in [0.4, 0.5) is 17.6 Å². The average Bonchev–Trinajstić information content (AvgIpc) is 3.11. The smallest absolute Gasteiger partial charge is 0.481 e. The number of amidine groups is 1. The molecule has 2 aromatic rings.